The first-order valence-corrected chi connectivity index (χ1v) is 7.44. The third kappa shape index (κ3) is 4.12. The number of hydrogen-bond acceptors (Lipinski definition) is 4. The molecule has 0 amide bonds. The van der Waals surface area contributed by atoms with Gasteiger partial charge >= 0.3 is 0 Å². The summed E-state index contributed by atoms with van der Waals surface area (Å²) in [5, 5.41) is 3.64. The van der Waals surface area contributed by atoms with Crippen LogP contribution in [-0.4, -0.2) is 44.8 Å². The molecule has 1 aromatic carbocycles. The van der Waals surface area contributed by atoms with E-state index in [2.05, 4.69) is 29.4 Å². The molecule has 0 aliphatic carbocycles. The van der Waals surface area contributed by atoms with Crippen molar-refractivity contribution in [1.82, 2.24) is 10.2 Å². The van der Waals surface area contributed by atoms with E-state index in [9.17, 15) is 0 Å². The highest BCUT2D eigenvalue weighted by molar-refractivity contribution is 5.42. The molecule has 1 fully saturated rings. The van der Waals surface area contributed by atoms with Crippen molar-refractivity contribution in [3.63, 3.8) is 0 Å². The zero-order valence-corrected chi connectivity index (χ0v) is 12.8. The second kappa shape index (κ2) is 7.50. The summed E-state index contributed by atoms with van der Waals surface area (Å²) >= 11 is 0. The van der Waals surface area contributed by atoms with Gasteiger partial charge in [0.25, 0.3) is 0 Å². The predicted octanol–water partition coefficient (Wildman–Crippen LogP) is 2.28. The van der Waals surface area contributed by atoms with Crippen LogP contribution < -0.4 is 14.8 Å². The van der Waals surface area contributed by atoms with Crippen LogP contribution in [0.25, 0.3) is 0 Å². The lowest BCUT2D eigenvalue weighted by atomic mass is 10.1. The molecule has 0 aromatic heterocycles. The van der Waals surface area contributed by atoms with Crippen molar-refractivity contribution in [2.24, 2.45) is 0 Å². The van der Waals surface area contributed by atoms with Gasteiger partial charge in [0.1, 0.15) is 0 Å². The zero-order valence-electron chi connectivity index (χ0n) is 12.8. The molecule has 0 bridgehead atoms. The molecule has 20 heavy (non-hydrogen) atoms. The van der Waals surface area contributed by atoms with Gasteiger partial charge in [0.15, 0.2) is 11.5 Å². The van der Waals surface area contributed by atoms with Gasteiger partial charge in [0, 0.05) is 12.6 Å². The van der Waals surface area contributed by atoms with Crippen LogP contribution in [0.3, 0.4) is 0 Å². The van der Waals surface area contributed by atoms with E-state index in [4.69, 9.17) is 9.47 Å². The quantitative estimate of drug-likeness (QED) is 0.865. The molecule has 1 aliphatic rings. The Morgan fingerprint density at radius 1 is 1.25 bits per heavy atom. The van der Waals surface area contributed by atoms with Crippen molar-refractivity contribution < 1.29 is 9.47 Å². The Balaban J connectivity index is 1.90. The number of piperidine rings is 1. The lowest BCUT2D eigenvalue weighted by Crippen LogP contribution is -2.40. The van der Waals surface area contributed by atoms with E-state index in [1.807, 2.05) is 13.0 Å². The summed E-state index contributed by atoms with van der Waals surface area (Å²) in [6.45, 7) is 5.90. The normalized spacial score (nSPS) is 17.1. The minimum Gasteiger partial charge on any atom is -0.493 e. The van der Waals surface area contributed by atoms with Crippen LogP contribution in [0.4, 0.5) is 0 Å². The van der Waals surface area contributed by atoms with Crippen molar-refractivity contribution in [2.75, 3.05) is 33.9 Å². The molecule has 4 heteroatoms. The number of hydrogen-bond donors (Lipinski definition) is 1. The van der Waals surface area contributed by atoms with Crippen LogP contribution in [-0.2, 0) is 6.54 Å². The van der Waals surface area contributed by atoms with Crippen LogP contribution in [0.15, 0.2) is 18.2 Å². The van der Waals surface area contributed by atoms with E-state index in [-0.39, 0.29) is 0 Å². The summed E-state index contributed by atoms with van der Waals surface area (Å²) in [6.07, 6.45) is 2.45. The van der Waals surface area contributed by atoms with E-state index in [0.29, 0.717) is 12.6 Å². The smallest absolute Gasteiger partial charge is 0.161 e. The summed E-state index contributed by atoms with van der Waals surface area (Å²) in [6, 6.07) is 6.79. The highest BCUT2D eigenvalue weighted by Crippen LogP contribution is 2.28. The van der Waals surface area contributed by atoms with Crippen molar-refractivity contribution in [2.45, 2.75) is 32.4 Å². The monoisotopic (exact) mass is 278 g/mol. The Bertz CT molecular complexity index is 415. The molecular formula is C16H26N2O2. The van der Waals surface area contributed by atoms with Gasteiger partial charge in [-0.3, -0.25) is 0 Å². The molecule has 0 radical (unpaired) electrons. The SMILES string of the molecule is CCOc1cc(CNC2CCN(C)CC2)ccc1OC. The molecule has 0 unspecified atom stereocenters. The average Bonchev–Trinajstić information content (AvgIpc) is 2.47. The predicted molar refractivity (Wildman–Crippen MR) is 81.5 cm³/mol. The van der Waals surface area contributed by atoms with Crippen LogP contribution in [0.1, 0.15) is 25.3 Å². The molecule has 0 spiro atoms. The number of ether oxygens (including phenoxy) is 2. The molecule has 1 heterocycles. The lowest BCUT2D eigenvalue weighted by Gasteiger charge is -2.29. The van der Waals surface area contributed by atoms with Crippen molar-refractivity contribution in [1.29, 1.82) is 0 Å². The molecule has 112 valence electrons. The fraction of sp³-hybridized carbons (Fsp3) is 0.625. The summed E-state index contributed by atoms with van der Waals surface area (Å²) in [5.74, 6) is 1.63. The first-order chi connectivity index (χ1) is 9.72. The first-order valence-electron chi connectivity index (χ1n) is 7.44. The second-order valence-corrected chi connectivity index (χ2v) is 5.38. The molecule has 1 N–H and O–H groups in total. The van der Waals surface area contributed by atoms with Gasteiger partial charge in [-0.25, -0.2) is 0 Å². The summed E-state index contributed by atoms with van der Waals surface area (Å²) in [5.41, 5.74) is 1.24. The van der Waals surface area contributed by atoms with Crippen LogP contribution >= 0.6 is 0 Å². The number of rotatable bonds is 6. The second-order valence-electron chi connectivity index (χ2n) is 5.38. The molecule has 1 aliphatic heterocycles. The van der Waals surface area contributed by atoms with Gasteiger partial charge in [0.05, 0.1) is 13.7 Å². The topological polar surface area (TPSA) is 33.7 Å². The lowest BCUT2D eigenvalue weighted by molar-refractivity contribution is 0.234. The maximum atomic E-state index is 5.61. The number of likely N-dealkylation sites (tertiary alicyclic amines) is 1. The third-order valence-corrected chi connectivity index (χ3v) is 3.84. The van der Waals surface area contributed by atoms with Gasteiger partial charge in [-0.2, -0.15) is 0 Å². The number of benzene rings is 1. The Labute approximate surface area is 122 Å². The van der Waals surface area contributed by atoms with E-state index in [0.717, 1.165) is 18.0 Å². The molecule has 2 rings (SSSR count). The van der Waals surface area contributed by atoms with Crippen LogP contribution in [0.5, 0.6) is 11.5 Å². The molecule has 1 aromatic rings. The number of nitrogens with zero attached hydrogens (tertiary/aromatic N) is 1. The van der Waals surface area contributed by atoms with Gasteiger partial charge in [-0.05, 0) is 57.6 Å². The minimum atomic E-state index is 0.629. The van der Waals surface area contributed by atoms with Crippen molar-refractivity contribution in [3.8, 4) is 11.5 Å². The van der Waals surface area contributed by atoms with E-state index in [1.165, 1.54) is 31.5 Å². The Kier molecular flexibility index (Phi) is 5.68. The number of nitrogens with one attached hydrogen (secondary N) is 1. The Morgan fingerprint density at radius 3 is 2.65 bits per heavy atom. The largest absolute Gasteiger partial charge is 0.493 e. The third-order valence-electron chi connectivity index (χ3n) is 3.84. The summed E-state index contributed by atoms with van der Waals surface area (Å²) in [7, 11) is 3.86. The fourth-order valence-electron chi connectivity index (χ4n) is 2.57. The molecule has 0 atom stereocenters. The number of methoxy groups -OCH3 is 1. The van der Waals surface area contributed by atoms with E-state index in [1.54, 1.807) is 7.11 Å². The molecule has 4 nitrogen and oxygen atoms in total. The maximum absolute atomic E-state index is 5.61. The van der Waals surface area contributed by atoms with Crippen molar-refractivity contribution in [3.05, 3.63) is 23.8 Å². The highest BCUT2D eigenvalue weighted by atomic mass is 16.5. The van der Waals surface area contributed by atoms with Gasteiger partial charge in [0.2, 0.25) is 0 Å². The summed E-state index contributed by atoms with van der Waals surface area (Å²) in [4.78, 5) is 2.39. The summed E-state index contributed by atoms with van der Waals surface area (Å²) < 4.78 is 10.9. The average molecular weight is 278 g/mol. The standard InChI is InChI=1S/C16H26N2O2/c1-4-20-16-11-13(5-6-15(16)19-3)12-17-14-7-9-18(2)10-8-14/h5-6,11,14,17H,4,7-10,12H2,1-3H3. The molecule has 0 saturated carbocycles. The maximum Gasteiger partial charge on any atom is 0.161 e. The first kappa shape index (κ1) is 15.1. The van der Waals surface area contributed by atoms with Gasteiger partial charge in [-0.1, -0.05) is 6.07 Å². The fourth-order valence-corrected chi connectivity index (χ4v) is 2.57. The van der Waals surface area contributed by atoms with E-state index < -0.39 is 0 Å². The molecular weight excluding hydrogens is 252 g/mol. The van der Waals surface area contributed by atoms with Crippen molar-refractivity contribution >= 4 is 0 Å². The minimum absolute atomic E-state index is 0.629. The van der Waals surface area contributed by atoms with Crippen LogP contribution in [0, 0.1) is 0 Å². The Morgan fingerprint density at radius 2 is 2.00 bits per heavy atom. The Hall–Kier alpha value is -1.26. The zero-order chi connectivity index (χ0) is 14.4. The van der Waals surface area contributed by atoms with Gasteiger partial charge in [-0.15, -0.1) is 0 Å². The van der Waals surface area contributed by atoms with E-state index >= 15 is 0 Å². The van der Waals surface area contributed by atoms with Gasteiger partial charge < -0.3 is 19.7 Å². The van der Waals surface area contributed by atoms with Crippen LogP contribution in [0.2, 0.25) is 0 Å². The molecule has 1 saturated heterocycles. The highest BCUT2D eigenvalue weighted by Gasteiger charge is 2.16.